The third-order valence-corrected chi connectivity index (χ3v) is 7.43. The molecule has 1 fully saturated rings. The van der Waals surface area contributed by atoms with E-state index in [-0.39, 0.29) is 24.3 Å². The third-order valence-electron chi connectivity index (χ3n) is 6.79. The van der Waals surface area contributed by atoms with E-state index >= 15 is 0 Å². The molecule has 7 rings (SSSR count). The molecule has 142 valence electrons. The van der Waals surface area contributed by atoms with E-state index in [0.29, 0.717) is 0 Å². The standard InChI is InChI=1S/C25H18ClNO2/c26-25-18-12-6-4-10-16(18)20(17-11-5-7-13-19(17)25)21-22(25)24(29)27(23(21)28)14-15-8-2-1-3-9-15/h1-13,20-22H,14H2. The summed E-state index contributed by atoms with van der Waals surface area (Å²) in [5.41, 5.74) is 5.03. The SMILES string of the molecule is O=C1C2C3c4ccccc4C(Cl)(c4ccccc43)C2C(=O)N1Cc1ccccc1. The Labute approximate surface area is 173 Å². The van der Waals surface area contributed by atoms with Crippen molar-refractivity contribution in [3.8, 4) is 0 Å². The van der Waals surface area contributed by atoms with Gasteiger partial charge in [0, 0.05) is 5.92 Å². The lowest BCUT2D eigenvalue weighted by Crippen LogP contribution is -2.50. The van der Waals surface area contributed by atoms with Crippen LogP contribution in [0.2, 0.25) is 0 Å². The Morgan fingerprint density at radius 1 is 0.759 bits per heavy atom. The average molecular weight is 400 g/mol. The molecule has 3 aromatic carbocycles. The third kappa shape index (κ3) is 2.03. The average Bonchev–Trinajstić information content (AvgIpc) is 3.01. The summed E-state index contributed by atoms with van der Waals surface area (Å²) in [5, 5.41) is 0. The van der Waals surface area contributed by atoms with Gasteiger partial charge in [0.1, 0.15) is 4.87 Å². The summed E-state index contributed by atoms with van der Waals surface area (Å²) in [6.07, 6.45) is 0. The summed E-state index contributed by atoms with van der Waals surface area (Å²) >= 11 is 7.39. The van der Waals surface area contributed by atoms with Gasteiger partial charge < -0.3 is 0 Å². The predicted octanol–water partition coefficient (Wildman–Crippen LogP) is 4.43. The number of hydrogen-bond donors (Lipinski definition) is 0. The van der Waals surface area contributed by atoms with Gasteiger partial charge in [-0.3, -0.25) is 14.5 Å². The molecule has 0 aromatic heterocycles. The van der Waals surface area contributed by atoms with Crippen molar-refractivity contribution in [1.82, 2.24) is 4.90 Å². The highest BCUT2D eigenvalue weighted by molar-refractivity contribution is 6.30. The molecule has 1 aliphatic heterocycles. The number of halogens is 1. The van der Waals surface area contributed by atoms with Gasteiger partial charge >= 0.3 is 0 Å². The van der Waals surface area contributed by atoms with Crippen LogP contribution < -0.4 is 0 Å². The van der Waals surface area contributed by atoms with Crippen LogP contribution in [0.25, 0.3) is 0 Å². The molecule has 2 unspecified atom stereocenters. The van der Waals surface area contributed by atoms with Gasteiger partial charge in [-0.2, -0.15) is 0 Å². The first-order chi connectivity index (χ1) is 14.1. The quantitative estimate of drug-likeness (QED) is 0.472. The van der Waals surface area contributed by atoms with E-state index < -0.39 is 16.7 Å². The number of hydrogen-bond acceptors (Lipinski definition) is 2. The minimum absolute atomic E-state index is 0.108. The Bertz CT molecular complexity index is 1120. The molecule has 3 aliphatic carbocycles. The molecule has 2 amide bonds. The summed E-state index contributed by atoms with van der Waals surface area (Å²) in [6.45, 7) is 0.290. The first-order valence-corrected chi connectivity index (χ1v) is 10.3. The minimum atomic E-state index is -1.01. The van der Waals surface area contributed by atoms with E-state index in [0.717, 1.165) is 27.8 Å². The van der Waals surface area contributed by atoms with Crippen LogP contribution in [0, 0.1) is 11.8 Å². The highest BCUT2D eigenvalue weighted by Gasteiger charge is 2.67. The van der Waals surface area contributed by atoms with E-state index in [1.807, 2.05) is 66.7 Å². The molecule has 0 radical (unpaired) electrons. The fourth-order valence-corrected chi connectivity index (χ4v) is 6.23. The molecule has 1 saturated heterocycles. The van der Waals surface area contributed by atoms with Crippen molar-refractivity contribution in [2.45, 2.75) is 17.3 Å². The maximum Gasteiger partial charge on any atom is 0.235 e. The van der Waals surface area contributed by atoms with Gasteiger partial charge in [0.2, 0.25) is 11.8 Å². The van der Waals surface area contributed by atoms with Crippen molar-refractivity contribution in [3.63, 3.8) is 0 Å². The van der Waals surface area contributed by atoms with E-state index in [9.17, 15) is 9.59 Å². The smallest absolute Gasteiger partial charge is 0.235 e. The van der Waals surface area contributed by atoms with Gasteiger partial charge in [-0.25, -0.2) is 0 Å². The number of imide groups is 1. The second-order valence-corrected chi connectivity index (χ2v) is 8.71. The van der Waals surface area contributed by atoms with Crippen LogP contribution >= 0.6 is 11.6 Å². The number of likely N-dealkylation sites (tertiary alicyclic amines) is 1. The Morgan fingerprint density at radius 2 is 1.31 bits per heavy atom. The minimum Gasteiger partial charge on any atom is -0.278 e. The Morgan fingerprint density at radius 3 is 1.93 bits per heavy atom. The molecule has 4 aliphatic rings. The van der Waals surface area contributed by atoms with Crippen LogP contribution in [-0.2, 0) is 21.0 Å². The van der Waals surface area contributed by atoms with Gasteiger partial charge in [-0.1, -0.05) is 78.9 Å². The summed E-state index contributed by atoms with van der Waals surface area (Å²) < 4.78 is 0. The van der Waals surface area contributed by atoms with Crippen molar-refractivity contribution in [1.29, 1.82) is 0 Å². The van der Waals surface area contributed by atoms with Crippen molar-refractivity contribution < 1.29 is 9.59 Å². The topological polar surface area (TPSA) is 37.4 Å². The van der Waals surface area contributed by atoms with Crippen molar-refractivity contribution in [3.05, 3.63) is 107 Å². The Kier molecular flexibility index (Phi) is 3.40. The summed E-state index contributed by atoms with van der Waals surface area (Å²) in [5.74, 6) is -1.43. The number of rotatable bonds is 2. The number of alkyl halides is 1. The van der Waals surface area contributed by atoms with E-state index in [4.69, 9.17) is 11.6 Å². The molecular formula is C25H18ClNO2. The molecule has 2 atom stereocenters. The largest absolute Gasteiger partial charge is 0.278 e. The van der Waals surface area contributed by atoms with Gasteiger partial charge in [0.05, 0.1) is 18.4 Å². The molecule has 3 aromatic rings. The normalized spacial score (nSPS) is 28.9. The summed E-state index contributed by atoms with van der Waals surface area (Å²) in [6, 6.07) is 25.7. The van der Waals surface area contributed by atoms with Crippen molar-refractivity contribution in [2.24, 2.45) is 11.8 Å². The Hall–Kier alpha value is -2.91. The first-order valence-electron chi connectivity index (χ1n) is 9.89. The lowest BCUT2D eigenvalue weighted by atomic mass is 9.54. The van der Waals surface area contributed by atoms with Crippen LogP contribution in [0.4, 0.5) is 0 Å². The molecule has 2 bridgehead atoms. The van der Waals surface area contributed by atoms with Crippen LogP contribution in [0.15, 0.2) is 78.9 Å². The van der Waals surface area contributed by atoms with Crippen molar-refractivity contribution >= 4 is 23.4 Å². The first kappa shape index (κ1) is 17.0. The van der Waals surface area contributed by atoms with Crippen LogP contribution in [0.5, 0.6) is 0 Å². The highest BCUT2D eigenvalue weighted by atomic mass is 35.5. The predicted molar refractivity (Wildman–Crippen MR) is 110 cm³/mol. The summed E-state index contributed by atoms with van der Waals surface area (Å²) in [4.78, 5) is 27.6. The van der Waals surface area contributed by atoms with Crippen LogP contribution in [0.3, 0.4) is 0 Å². The zero-order valence-electron chi connectivity index (χ0n) is 15.6. The maximum atomic E-state index is 13.6. The molecule has 0 saturated carbocycles. The molecule has 1 heterocycles. The zero-order chi connectivity index (χ0) is 19.8. The van der Waals surface area contributed by atoms with Gasteiger partial charge in [0.15, 0.2) is 0 Å². The van der Waals surface area contributed by atoms with Gasteiger partial charge in [0.25, 0.3) is 0 Å². The maximum absolute atomic E-state index is 13.6. The lowest BCUT2D eigenvalue weighted by molar-refractivity contribution is -0.140. The molecular weight excluding hydrogens is 382 g/mol. The molecule has 4 heteroatoms. The number of amides is 2. The molecule has 0 N–H and O–H groups in total. The van der Waals surface area contributed by atoms with Crippen molar-refractivity contribution in [2.75, 3.05) is 0 Å². The van der Waals surface area contributed by atoms with Gasteiger partial charge in [-0.05, 0) is 27.8 Å². The van der Waals surface area contributed by atoms with Crippen LogP contribution in [0.1, 0.15) is 33.7 Å². The molecule has 3 nitrogen and oxygen atoms in total. The van der Waals surface area contributed by atoms with Gasteiger partial charge in [-0.15, -0.1) is 11.6 Å². The second kappa shape index (κ2) is 5.80. The van der Waals surface area contributed by atoms with Crippen LogP contribution in [-0.4, -0.2) is 16.7 Å². The second-order valence-electron chi connectivity index (χ2n) is 8.12. The fraction of sp³-hybridized carbons (Fsp3) is 0.200. The van der Waals surface area contributed by atoms with E-state index in [2.05, 4.69) is 12.1 Å². The highest BCUT2D eigenvalue weighted by Crippen LogP contribution is 2.65. The number of nitrogens with zero attached hydrogens (tertiary/aromatic N) is 1. The molecule has 29 heavy (non-hydrogen) atoms. The molecule has 0 spiro atoms. The lowest BCUT2D eigenvalue weighted by Gasteiger charge is -2.50. The monoisotopic (exact) mass is 399 g/mol. The van der Waals surface area contributed by atoms with E-state index in [1.165, 1.54) is 4.90 Å². The van der Waals surface area contributed by atoms with E-state index in [1.54, 1.807) is 0 Å². The number of carbonyl (C=O) groups excluding carboxylic acids is 2. The summed E-state index contributed by atoms with van der Waals surface area (Å²) in [7, 11) is 0. The number of benzene rings is 3. The Balaban J connectivity index is 1.55. The number of carbonyl (C=O) groups is 2. The fourth-order valence-electron chi connectivity index (χ4n) is 5.66. The zero-order valence-corrected chi connectivity index (χ0v) is 16.3.